The average Bonchev–Trinajstić information content (AvgIpc) is 2.45. The molecule has 0 atom stereocenters. The Labute approximate surface area is 129 Å². The summed E-state index contributed by atoms with van der Waals surface area (Å²) in [4.78, 5) is 7.03. The van der Waals surface area contributed by atoms with Crippen LogP contribution in [0.5, 0.6) is 0 Å². The Bertz CT molecular complexity index is 651. The van der Waals surface area contributed by atoms with Crippen LogP contribution in [0.2, 0.25) is 0 Å². The van der Waals surface area contributed by atoms with Gasteiger partial charge in [0.1, 0.15) is 22.3 Å². The maximum atomic E-state index is 12.2. The molecule has 0 aliphatic carbocycles. The number of halogens is 4. The summed E-state index contributed by atoms with van der Waals surface area (Å²) >= 11 is 3.03. The van der Waals surface area contributed by atoms with Crippen LogP contribution in [0.3, 0.4) is 0 Å². The van der Waals surface area contributed by atoms with Gasteiger partial charge in [0.25, 0.3) is 0 Å². The van der Waals surface area contributed by atoms with Gasteiger partial charge in [-0.25, -0.2) is 18.7 Å². The maximum Gasteiger partial charge on any atom is 0.163 e. The smallest absolute Gasteiger partial charge is 0.163 e. The van der Waals surface area contributed by atoms with E-state index in [1.54, 1.807) is 6.07 Å². The van der Waals surface area contributed by atoms with E-state index >= 15 is 0 Å². The first-order valence-corrected chi connectivity index (χ1v) is 5.87. The van der Waals surface area contributed by atoms with Crippen LogP contribution in [0.1, 0.15) is 7.06 Å². The Morgan fingerprint density at radius 3 is 2.05 bits per heavy atom. The van der Waals surface area contributed by atoms with Gasteiger partial charge in [-0.2, -0.15) is 5.26 Å². The first kappa shape index (κ1) is 16.7. The second-order valence-corrected chi connectivity index (χ2v) is 3.99. The van der Waals surface area contributed by atoms with Gasteiger partial charge < -0.3 is 11.5 Å². The van der Waals surface area contributed by atoms with Gasteiger partial charge in [0.05, 0.1) is 32.3 Å². The molecule has 2 rings (SSSR count). The molecule has 0 aromatic carbocycles. The molecule has 112 valence electrons. The van der Waals surface area contributed by atoms with Crippen LogP contribution >= 0.6 is 15.9 Å². The van der Waals surface area contributed by atoms with E-state index in [4.69, 9.17) is 18.1 Å². The highest BCUT2D eigenvalue weighted by Crippen LogP contribution is 2.15. The molecule has 0 aliphatic rings. The van der Waals surface area contributed by atoms with Gasteiger partial charge in [-0.05, 0) is 15.9 Å². The van der Waals surface area contributed by atoms with Crippen molar-refractivity contribution in [1.29, 1.82) is 5.26 Å². The molecule has 0 saturated carbocycles. The zero-order valence-electron chi connectivity index (χ0n) is 11.5. The number of aromatic nitrogens is 2. The molecule has 0 spiro atoms. The highest BCUT2D eigenvalue weighted by molar-refractivity contribution is 9.10. The van der Waals surface area contributed by atoms with Gasteiger partial charge in [0, 0.05) is 12.1 Å². The summed E-state index contributed by atoms with van der Waals surface area (Å²) in [5.41, 5.74) is 10.9. The highest BCUT2D eigenvalue weighted by Gasteiger charge is 1.99. The number of pyridine rings is 2. The van der Waals surface area contributed by atoms with Crippen LogP contribution in [0.15, 0.2) is 29.1 Å². The fourth-order valence-electron chi connectivity index (χ4n) is 0.987. The van der Waals surface area contributed by atoms with Crippen molar-refractivity contribution >= 4 is 27.3 Å². The van der Waals surface area contributed by atoms with Crippen molar-refractivity contribution in [1.82, 2.24) is 9.97 Å². The van der Waals surface area contributed by atoms with Gasteiger partial charge in [0.15, 0.2) is 5.69 Å². The minimum Gasteiger partial charge on any atom is -0.396 e. The summed E-state index contributed by atoms with van der Waals surface area (Å²) in [6.45, 7) is 0. The predicted octanol–water partition coefficient (Wildman–Crippen LogP) is 2.83. The Kier molecular flexibility index (Phi) is 7.60. The second-order valence-electron chi connectivity index (χ2n) is 3.24. The number of nitriles is 1. The molecule has 2 aromatic heterocycles. The van der Waals surface area contributed by atoms with Crippen LogP contribution in [0.4, 0.5) is 24.5 Å². The van der Waals surface area contributed by atoms with E-state index in [0.29, 0.717) is 10.3 Å². The minimum atomic E-state index is -1.00. The summed E-state index contributed by atoms with van der Waals surface area (Å²) < 4.78 is 40.4. The van der Waals surface area contributed by atoms with Crippen molar-refractivity contribution in [2.75, 3.05) is 18.6 Å². The van der Waals surface area contributed by atoms with E-state index in [9.17, 15) is 13.2 Å². The Balaban J connectivity index is 0.000000342. The molecule has 2 aromatic rings. The molecule has 0 aliphatic heterocycles. The lowest BCUT2D eigenvalue weighted by Gasteiger charge is -1.93. The molecular weight excluding hydrogens is 351 g/mol. The average molecular weight is 363 g/mol. The van der Waals surface area contributed by atoms with Gasteiger partial charge in [-0.1, -0.05) is 0 Å². The predicted molar refractivity (Wildman–Crippen MR) is 76.7 cm³/mol. The number of alkyl halides is 1. The topological polar surface area (TPSA) is 102 Å². The first-order chi connectivity index (χ1) is 10.3. The Morgan fingerprint density at radius 1 is 1.19 bits per heavy atom. The van der Waals surface area contributed by atoms with Crippen molar-refractivity contribution in [2.45, 2.75) is 0 Å². The molecule has 0 fully saturated rings. The third-order valence-corrected chi connectivity index (χ3v) is 2.49. The molecule has 0 bridgehead atoms. The fraction of sp³-hybridized carbons (Fsp3) is 0.0833. The second kappa shape index (κ2) is 9.55. The minimum absolute atomic E-state index is 0.0569. The van der Waals surface area contributed by atoms with Crippen LogP contribution in [-0.4, -0.2) is 17.1 Å². The standard InChI is InChI=1S/C6H4FN3.C5H4BrFN2.CH3F/c7-4-1-5(9)6(2-8)10-3-4;6-5-4(8)1-3(7)2-9-5;1-2/h1,3H,9H2;1-2H,8H2;1H3/i;;1D. The van der Waals surface area contributed by atoms with E-state index in [0.717, 1.165) is 18.5 Å². The monoisotopic (exact) mass is 362 g/mol. The quantitative estimate of drug-likeness (QED) is 0.701. The zero-order valence-corrected chi connectivity index (χ0v) is 12.1. The molecule has 0 radical (unpaired) electrons. The third kappa shape index (κ3) is 6.58. The number of nitrogen functional groups attached to an aromatic ring is 2. The lowest BCUT2D eigenvalue weighted by atomic mass is 10.3. The van der Waals surface area contributed by atoms with E-state index < -0.39 is 18.8 Å². The molecular formula is C12H11BrF3N5. The summed E-state index contributed by atoms with van der Waals surface area (Å²) in [7, 11) is -1.00. The molecule has 5 nitrogen and oxygen atoms in total. The first-order valence-electron chi connectivity index (χ1n) is 5.79. The van der Waals surface area contributed by atoms with Crippen molar-refractivity contribution in [3.8, 4) is 6.07 Å². The summed E-state index contributed by atoms with van der Waals surface area (Å²) in [6.07, 6.45) is 2.05. The lowest BCUT2D eigenvalue weighted by Crippen LogP contribution is -1.94. The fourth-order valence-corrected chi connectivity index (χ4v) is 1.20. The van der Waals surface area contributed by atoms with Crippen LogP contribution in [-0.2, 0) is 0 Å². The van der Waals surface area contributed by atoms with E-state index in [2.05, 4.69) is 25.9 Å². The Morgan fingerprint density at radius 2 is 1.67 bits per heavy atom. The summed E-state index contributed by atoms with van der Waals surface area (Å²) in [5.74, 6) is -0.952. The zero-order chi connectivity index (χ0) is 17.1. The normalized spacial score (nSPS) is 9.19. The van der Waals surface area contributed by atoms with Crippen molar-refractivity contribution in [2.24, 2.45) is 0 Å². The van der Waals surface area contributed by atoms with Gasteiger partial charge in [-0.3, -0.25) is 4.39 Å². The Hall–Kier alpha value is -2.34. The van der Waals surface area contributed by atoms with Gasteiger partial charge in [0.2, 0.25) is 0 Å². The van der Waals surface area contributed by atoms with Gasteiger partial charge >= 0.3 is 0 Å². The third-order valence-electron chi connectivity index (χ3n) is 1.82. The van der Waals surface area contributed by atoms with Crippen molar-refractivity contribution < 1.29 is 14.5 Å². The molecule has 2 heterocycles. The van der Waals surface area contributed by atoms with E-state index in [1.165, 1.54) is 6.07 Å². The molecule has 9 heteroatoms. The molecule has 0 amide bonds. The molecule has 21 heavy (non-hydrogen) atoms. The van der Waals surface area contributed by atoms with Gasteiger partial charge in [-0.15, -0.1) is 0 Å². The summed E-state index contributed by atoms with van der Waals surface area (Å²) in [5, 5.41) is 8.29. The largest absolute Gasteiger partial charge is 0.396 e. The lowest BCUT2D eigenvalue weighted by molar-refractivity contribution is 0.621. The molecule has 0 unspecified atom stereocenters. The van der Waals surface area contributed by atoms with E-state index in [1.807, 2.05) is 0 Å². The number of nitrogens with two attached hydrogens (primary N) is 2. The van der Waals surface area contributed by atoms with E-state index in [-0.39, 0.29) is 11.4 Å². The van der Waals surface area contributed by atoms with Crippen LogP contribution in [0, 0.1) is 23.0 Å². The van der Waals surface area contributed by atoms with Crippen molar-refractivity contribution in [3.05, 3.63) is 46.5 Å². The molecule has 4 N–H and O–H groups in total. The van der Waals surface area contributed by atoms with Crippen LogP contribution < -0.4 is 11.5 Å². The SMILES string of the molecule is N#Cc1ncc(F)cc1N.Nc1cc(F)cnc1Br.[2H]CF. The maximum absolute atomic E-state index is 12.2. The number of hydrogen-bond acceptors (Lipinski definition) is 5. The number of nitrogens with zero attached hydrogens (tertiary/aromatic N) is 3. The number of anilines is 2. The van der Waals surface area contributed by atoms with Crippen LogP contribution in [0.25, 0.3) is 0 Å². The number of rotatable bonds is 0. The highest BCUT2D eigenvalue weighted by atomic mass is 79.9. The summed E-state index contributed by atoms with van der Waals surface area (Å²) in [6, 6.07) is 3.99. The molecule has 0 saturated heterocycles. The number of hydrogen-bond donors (Lipinski definition) is 2. The van der Waals surface area contributed by atoms with Crippen molar-refractivity contribution in [3.63, 3.8) is 0 Å².